The number of hydrogen-bond donors (Lipinski definition) is 1. The molecule has 8 heteroatoms. The number of rotatable bonds is 4. The largest absolute Gasteiger partial charge is 0.352 e. The van der Waals surface area contributed by atoms with Crippen molar-refractivity contribution in [1.82, 2.24) is 19.8 Å². The van der Waals surface area contributed by atoms with Crippen LogP contribution in [-0.4, -0.2) is 31.5 Å². The predicted octanol–water partition coefficient (Wildman–Crippen LogP) is 3.38. The van der Waals surface area contributed by atoms with Crippen LogP contribution in [0.4, 0.5) is 5.69 Å². The summed E-state index contributed by atoms with van der Waals surface area (Å²) in [6.07, 6.45) is 3.66. The van der Waals surface area contributed by atoms with Crippen molar-refractivity contribution in [3.05, 3.63) is 88.5 Å². The topological polar surface area (TPSA) is 76.2 Å². The number of thiocarbonyl (C=S) groups is 1. The quantitative estimate of drug-likeness (QED) is 0.425. The monoisotopic (exact) mass is 379 g/mol. The van der Waals surface area contributed by atoms with Crippen molar-refractivity contribution < 1.29 is 4.92 Å². The van der Waals surface area contributed by atoms with E-state index in [2.05, 4.69) is 10.3 Å². The zero-order valence-electron chi connectivity index (χ0n) is 14.5. The molecule has 1 N–H and O–H groups in total. The molecule has 2 aromatic heterocycles. The lowest BCUT2D eigenvalue weighted by atomic mass is 10.0. The van der Waals surface area contributed by atoms with Crippen LogP contribution in [-0.2, 0) is 0 Å². The molecule has 0 saturated carbocycles. The van der Waals surface area contributed by atoms with Gasteiger partial charge in [-0.1, -0.05) is 12.1 Å². The Bertz CT molecular complexity index is 1000. The molecule has 27 heavy (non-hydrogen) atoms. The molecule has 1 aliphatic rings. The van der Waals surface area contributed by atoms with Crippen LogP contribution in [0, 0.1) is 10.1 Å². The van der Waals surface area contributed by atoms with Crippen LogP contribution in [0.5, 0.6) is 0 Å². The van der Waals surface area contributed by atoms with Gasteiger partial charge in [-0.05, 0) is 42.5 Å². The van der Waals surface area contributed by atoms with E-state index in [9.17, 15) is 10.1 Å². The van der Waals surface area contributed by atoms with Crippen LogP contribution in [0.15, 0.2) is 67.0 Å². The molecular formula is C19H17N5O2S. The average molecular weight is 379 g/mol. The standard InChI is InChI=1S/C19H17N5O2S/c1-22-18(17(21-19(22)27)15-8-2-3-10-20-15)16-9-5-11-23(16)13-6-4-7-14(12-13)24(25)26/h2-12,17-18H,1H3,(H,21,27)/t17-,18+/m0/s1. The van der Waals surface area contributed by atoms with Gasteiger partial charge in [0.05, 0.1) is 28.4 Å². The Morgan fingerprint density at radius 2 is 2.04 bits per heavy atom. The Hall–Kier alpha value is -3.26. The number of non-ortho nitro benzene ring substituents is 1. The number of hydrogen-bond acceptors (Lipinski definition) is 4. The number of nitrogens with one attached hydrogen (secondary N) is 1. The van der Waals surface area contributed by atoms with Crippen molar-refractivity contribution in [3.8, 4) is 5.69 Å². The minimum Gasteiger partial charge on any atom is -0.352 e. The Labute approximate surface area is 161 Å². The molecule has 2 atom stereocenters. The van der Waals surface area contributed by atoms with Crippen molar-refractivity contribution in [1.29, 1.82) is 0 Å². The van der Waals surface area contributed by atoms with Gasteiger partial charge in [0, 0.05) is 37.3 Å². The van der Waals surface area contributed by atoms with E-state index in [-0.39, 0.29) is 22.7 Å². The third-order valence-electron chi connectivity index (χ3n) is 4.74. The van der Waals surface area contributed by atoms with Gasteiger partial charge in [-0.2, -0.15) is 0 Å². The number of nitro benzene ring substituents is 1. The van der Waals surface area contributed by atoms with Crippen molar-refractivity contribution in [2.75, 3.05) is 7.05 Å². The molecule has 1 saturated heterocycles. The summed E-state index contributed by atoms with van der Waals surface area (Å²) in [7, 11) is 1.94. The normalized spacial score (nSPS) is 19.1. The van der Waals surface area contributed by atoms with E-state index in [0.29, 0.717) is 5.11 Å². The lowest BCUT2D eigenvalue weighted by Crippen LogP contribution is -2.25. The molecule has 4 rings (SSSR count). The van der Waals surface area contributed by atoms with Gasteiger partial charge < -0.3 is 14.8 Å². The summed E-state index contributed by atoms with van der Waals surface area (Å²) >= 11 is 5.47. The summed E-state index contributed by atoms with van der Waals surface area (Å²) in [5, 5.41) is 15.1. The van der Waals surface area contributed by atoms with Crippen LogP contribution in [0.3, 0.4) is 0 Å². The molecule has 1 aromatic carbocycles. The summed E-state index contributed by atoms with van der Waals surface area (Å²) in [6.45, 7) is 0. The molecule has 0 bridgehead atoms. The first-order valence-corrected chi connectivity index (χ1v) is 8.83. The van der Waals surface area contributed by atoms with E-state index in [1.807, 2.05) is 59.1 Å². The second-order valence-corrected chi connectivity index (χ2v) is 6.70. The minimum atomic E-state index is -0.387. The smallest absolute Gasteiger partial charge is 0.271 e. The van der Waals surface area contributed by atoms with Gasteiger partial charge in [0.15, 0.2) is 5.11 Å². The predicted molar refractivity (Wildman–Crippen MR) is 106 cm³/mol. The number of nitrogens with zero attached hydrogens (tertiary/aromatic N) is 4. The van der Waals surface area contributed by atoms with Crippen molar-refractivity contribution in [2.24, 2.45) is 0 Å². The fourth-order valence-electron chi connectivity index (χ4n) is 3.46. The molecule has 0 aliphatic carbocycles. The molecular weight excluding hydrogens is 362 g/mol. The molecule has 1 aliphatic heterocycles. The molecule has 0 unspecified atom stereocenters. The number of likely N-dealkylation sites (N-methyl/N-ethyl adjacent to an activating group) is 1. The van der Waals surface area contributed by atoms with E-state index in [1.165, 1.54) is 6.07 Å². The summed E-state index contributed by atoms with van der Waals surface area (Å²) in [6, 6.07) is 16.1. The van der Waals surface area contributed by atoms with Crippen LogP contribution in [0.1, 0.15) is 23.5 Å². The Kier molecular flexibility index (Phi) is 4.33. The third kappa shape index (κ3) is 3.04. The lowest BCUT2D eigenvalue weighted by molar-refractivity contribution is -0.384. The van der Waals surface area contributed by atoms with E-state index in [0.717, 1.165) is 17.1 Å². The summed E-state index contributed by atoms with van der Waals surface area (Å²) in [4.78, 5) is 17.2. The molecule has 0 spiro atoms. The first kappa shape index (κ1) is 17.2. The molecule has 3 heterocycles. The van der Waals surface area contributed by atoms with Gasteiger partial charge in [-0.3, -0.25) is 15.1 Å². The van der Waals surface area contributed by atoms with Crippen molar-refractivity contribution >= 4 is 23.0 Å². The van der Waals surface area contributed by atoms with Crippen LogP contribution < -0.4 is 5.32 Å². The number of aromatic nitrogens is 2. The fourth-order valence-corrected chi connectivity index (χ4v) is 3.70. The zero-order chi connectivity index (χ0) is 19.0. The van der Waals surface area contributed by atoms with Crippen molar-refractivity contribution in [3.63, 3.8) is 0 Å². The van der Waals surface area contributed by atoms with Gasteiger partial charge in [0.1, 0.15) is 0 Å². The van der Waals surface area contributed by atoms with Gasteiger partial charge in [0.25, 0.3) is 5.69 Å². The maximum atomic E-state index is 11.1. The number of benzene rings is 1. The average Bonchev–Trinajstić information content (AvgIpc) is 3.27. The minimum absolute atomic E-state index is 0.0573. The first-order chi connectivity index (χ1) is 13.1. The highest BCUT2D eigenvalue weighted by Crippen LogP contribution is 2.38. The molecule has 136 valence electrons. The van der Waals surface area contributed by atoms with E-state index >= 15 is 0 Å². The fraction of sp³-hybridized carbons (Fsp3) is 0.158. The Balaban J connectivity index is 1.79. The summed E-state index contributed by atoms with van der Waals surface area (Å²) in [5.74, 6) is 0. The van der Waals surface area contributed by atoms with Gasteiger partial charge in [-0.25, -0.2) is 0 Å². The molecule has 3 aromatic rings. The highest BCUT2D eigenvalue weighted by atomic mass is 32.1. The van der Waals surface area contributed by atoms with Gasteiger partial charge >= 0.3 is 0 Å². The van der Waals surface area contributed by atoms with E-state index in [1.54, 1.807) is 18.3 Å². The second kappa shape index (κ2) is 6.81. The number of nitro groups is 1. The highest BCUT2D eigenvalue weighted by Gasteiger charge is 2.39. The highest BCUT2D eigenvalue weighted by molar-refractivity contribution is 7.80. The van der Waals surface area contributed by atoms with Gasteiger partial charge in [0.2, 0.25) is 0 Å². The van der Waals surface area contributed by atoms with Crippen LogP contribution in [0.25, 0.3) is 5.69 Å². The second-order valence-electron chi connectivity index (χ2n) is 6.32. The SMILES string of the molecule is CN1C(=S)N[C@@H](c2ccccn2)[C@H]1c1cccn1-c1cccc([N+](=O)[O-])c1. The number of pyridine rings is 1. The maximum absolute atomic E-state index is 11.1. The van der Waals surface area contributed by atoms with E-state index in [4.69, 9.17) is 12.2 Å². The molecule has 1 fully saturated rings. The third-order valence-corrected chi connectivity index (χ3v) is 5.15. The Morgan fingerprint density at radius 1 is 1.19 bits per heavy atom. The molecule has 0 radical (unpaired) electrons. The zero-order valence-corrected chi connectivity index (χ0v) is 15.3. The van der Waals surface area contributed by atoms with Crippen LogP contribution in [0.2, 0.25) is 0 Å². The Morgan fingerprint density at radius 3 is 2.78 bits per heavy atom. The van der Waals surface area contributed by atoms with Crippen LogP contribution >= 0.6 is 12.2 Å². The maximum Gasteiger partial charge on any atom is 0.271 e. The van der Waals surface area contributed by atoms with E-state index < -0.39 is 0 Å². The lowest BCUT2D eigenvalue weighted by Gasteiger charge is -2.25. The first-order valence-electron chi connectivity index (χ1n) is 8.42. The van der Waals surface area contributed by atoms with Crippen molar-refractivity contribution in [2.45, 2.75) is 12.1 Å². The molecule has 7 nitrogen and oxygen atoms in total. The molecule has 0 amide bonds. The summed E-state index contributed by atoms with van der Waals surface area (Å²) < 4.78 is 1.96. The van der Waals surface area contributed by atoms with Gasteiger partial charge in [-0.15, -0.1) is 0 Å². The summed E-state index contributed by atoms with van der Waals surface area (Å²) in [5.41, 5.74) is 2.65.